The lowest BCUT2D eigenvalue weighted by Crippen LogP contribution is -2.48. The number of hydrogen-bond donors (Lipinski definition) is 0. The smallest absolute Gasteiger partial charge is 0.243 e. The standard InChI is InChI=1S/C23H29N3O3S/c1-23(2)16-22(27)24(3)21-10-9-19(15-20(21)23)30(28,29)26-13-11-25(12-14-26)17-18-7-5-4-6-8-18/h4-10,15H,11-14,16-17H2,1-3H3. The second-order valence-electron chi connectivity index (χ2n) is 8.86. The van der Waals surface area contributed by atoms with Crippen LogP contribution >= 0.6 is 0 Å². The summed E-state index contributed by atoms with van der Waals surface area (Å²) < 4.78 is 28.2. The van der Waals surface area contributed by atoms with Crippen molar-refractivity contribution >= 4 is 21.6 Å². The SMILES string of the molecule is CN1C(=O)CC(C)(C)c2cc(S(=O)(=O)N3CCN(Cc4ccccc4)CC3)ccc21. The first-order chi connectivity index (χ1) is 14.2. The fourth-order valence-corrected chi connectivity index (χ4v) is 5.80. The molecule has 0 radical (unpaired) electrons. The fraction of sp³-hybridized carbons (Fsp3) is 0.435. The molecule has 2 aliphatic heterocycles. The largest absolute Gasteiger partial charge is 0.315 e. The van der Waals surface area contributed by atoms with Crippen LogP contribution in [0, 0.1) is 0 Å². The third kappa shape index (κ3) is 3.89. The quantitative estimate of drug-likeness (QED) is 0.753. The zero-order chi connectivity index (χ0) is 21.5. The first kappa shape index (κ1) is 21.0. The van der Waals surface area contributed by atoms with E-state index in [0.717, 1.165) is 17.8 Å². The molecule has 2 heterocycles. The molecule has 2 aromatic carbocycles. The van der Waals surface area contributed by atoms with Gasteiger partial charge in [-0.2, -0.15) is 4.31 Å². The van der Waals surface area contributed by atoms with Crippen LogP contribution in [0.1, 0.15) is 31.4 Å². The molecule has 160 valence electrons. The van der Waals surface area contributed by atoms with Crippen molar-refractivity contribution in [2.75, 3.05) is 38.1 Å². The number of benzene rings is 2. The minimum Gasteiger partial charge on any atom is -0.315 e. The van der Waals surface area contributed by atoms with Gasteiger partial charge in [0.15, 0.2) is 0 Å². The number of hydrogen-bond acceptors (Lipinski definition) is 4. The Kier molecular flexibility index (Phi) is 5.46. The van der Waals surface area contributed by atoms with Gasteiger partial charge in [-0.1, -0.05) is 44.2 Å². The molecule has 0 bridgehead atoms. The lowest BCUT2D eigenvalue weighted by Gasteiger charge is -2.38. The third-order valence-corrected chi connectivity index (χ3v) is 8.14. The van der Waals surface area contributed by atoms with E-state index in [-0.39, 0.29) is 5.91 Å². The van der Waals surface area contributed by atoms with E-state index >= 15 is 0 Å². The summed E-state index contributed by atoms with van der Waals surface area (Å²) in [5.74, 6) is 0.0534. The van der Waals surface area contributed by atoms with Crippen molar-refractivity contribution in [1.82, 2.24) is 9.21 Å². The Morgan fingerprint density at radius 1 is 0.967 bits per heavy atom. The molecule has 0 saturated carbocycles. The summed E-state index contributed by atoms with van der Waals surface area (Å²) in [6.07, 6.45) is 0.373. The van der Waals surface area contributed by atoms with Crippen LogP contribution in [-0.4, -0.2) is 56.8 Å². The van der Waals surface area contributed by atoms with Gasteiger partial charge >= 0.3 is 0 Å². The molecule has 7 heteroatoms. The van der Waals surface area contributed by atoms with Gasteiger partial charge in [-0.3, -0.25) is 9.69 Å². The molecule has 1 saturated heterocycles. The molecule has 6 nitrogen and oxygen atoms in total. The van der Waals surface area contributed by atoms with E-state index in [1.54, 1.807) is 34.5 Å². The topological polar surface area (TPSA) is 60.9 Å². The second kappa shape index (κ2) is 7.80. The Bertz CT molecular complexity index is 1040. The van der Waals surface area contributed by atoms with E-state index in [0.29, 0.717) is 37.5 Å². The van der Waals surface area contributed by atoms with Crippen LogP contribution in [0.15, 0.2) is 53.4 Å². The second-order valence-corrected chi connectivity index (χ2v) is 10.8. The van der Waals surface area contributed by atoms with Gasteiger partial charge in [-0.15, -0.1) is 0 Å². The minimum atomic E-state index is -3.57. The van der Waals surface area contributed by atoms with Crippen LogP contribution < -0.4 is 4.90 Å². The summed E-state index contributed by atoms with van der Waals surface area (Å²) in [6.45, 7) is 7.21. The van der Waals surface area contributed by atoms with Crippen molar-refractivity contribution in [3.63, 3.8) is 0 Å². The minimum absolute atomic E-state index is 0.0534. The number of rotatable bonds is 4. The summed E-state index contributed by atoms with van der Waals surface area (Å²) in [6, 6.07) is 15.4. The summed E-state index contributed by atoms with van der Waals surface area (Å²) in [5, 5.41) is 0. The molecular formula is C23H29N3O3S. The van der Waals surface area contributed by atoms with E-state index in [2.05, 4.69) is 17.0 Å². The van der Waals surface area contributed by atoms with Crippen molar-refractivity contribution in [2.24, 2.45) is 0 Å². The summed E-state index contributed by atoms with van der Waals surface area (Å²) >= 11 is 0. The first-order valence-corrected chi connectivity index (χ1v) is 11.8. The van der Waals surface area contributed by atoms with Gasteiger partial charge in [0.05, 0.1) is 4.90 Å². The van der Waals surface area contributed by atoms with Gasteiger partial charge < -0.3 is 4.90 Å². The Labute approximate surface area is 179 Å². The van der Waals surface area contributed by atoms with Crippen LogP contribution in [0.3, 0.4) is 0 Å². The van der Waals surface area contributed by atoms with Gasteiger partial charge in [0, 0.05) is 57.3 Å². The molecule has 4 rings (SSSR count). The number of carbonyl (C=O) groups is 1. The van der Waals surface area contributed by atoms with Crippen LogP contribution in [0.2, 0.25) is 0 Å². The van der Waals surface area contributed by atoms with E-state index in [4.69, 9.17) is 0 Å². The van der Waals surface area contributed by atoms with Crippen LogP contribution in [0.25, 0.3) is 0 Å². The molecule has 1 amide bonds. The number of sulfonamides is 1. The molecule has 0 N–H and O–H groups in total. The number of nitrogens with zero attached hydrogens (tertiary/aromatic N) is 3. The summed E-state index contributed by atoms with van der Waals surface area (Å²) in [7, 11) is -1.82. The molecule has 0 spiro atoms. The molecule has 2 aromatic rings. The number of anilines is 1. The van der Waals surface area contributed by atoms with Crippen molar-refractivity contribution in [3.05, 3.63) is 59.7 Å². The van der Waals surface area contributed by atoms with E-state index in [9.17, 15) is 13.2 Å². The third-order valence-electron chi connectivity index (χ3n) is 6.24. The first-order valence-electron chi connectivity index (χ1n) is 10.4. The highest BCUT2D eigenvalue weighted by molar-refractivity contribution is 7.89. The molecule has 30 heavy (non-hydrogen) atoms. The zero-order valence-electron chi connectivity index (χ0n) is 17.8. The lowest BCUT2D eigenvalue weighted by atomic mass is 9.77. The Hall–Kier alpha value is -2.22. The summed E-state index contributed by atoms with van der Waals surface area (Å²) in [4.78, 5) is 16.5. The maximum Gasteiger partial charge on any atom is 0.243 e. The maximum atomic E-state index is 13.3. The van der Waals surface area contributed by atoms with Gasteiger partial charge in [0.25, 0.3) is 0 Å². The highest BCUT2D eigenvalue weighted by atomic mass is 32.2. The predicted molar refractivity (Wildman–Crippen MR) is 118 cm³/mol. The van der Waals surface area contributed by atoms with Crippen molar-refractivity contribution < 1.29 is 13.2 Å². The molecule has 2 aliphatic rings. The Morgan fingerprint density at radius 2 is 1.63 bits per heavy atom. The van der Waals surface area contributed by atoms with Crippen LogP contribution in [0.4, 0.5) is 5.69 Å². The highest BCUT2D eigenvalue weighted by Gasteiger charge is 2.37. The average Bonchev–Trinajstić information content (AvgIpc) is 2.73. The van der Waals surface area contributed by atoms with Crippen LogP contribution in [0.5, 0.6) is 0 Å². The molecule has 1 fully saturated rings. The predicted octanol–water partition coefficient (Wildman–Crippen LogP) is 2.84. The highest BCUT2D eigenvalue weighted by Crippen LogP contribution is 2.41. The molecular weight excluding hydrogens is 398 g/mol. The zero-order valence-corrected chi connectivity index (χ0v) is 18.7. The number of fused-ring (bicyclic) bond motifs is 1. The van der Waals surface area contributed by atoms with E-state index in [1.165, 1.54) is 5.56 Å². The number of carbonyl (C=O) groups excluding carboxylic acids is 1. The van der Waals surface area contributed by atoms with Crippen LogP contribution in [-0.2, 0) is 26.8 Å². The van der Waals surface area contributed by atoms with Gasteiger partial charge in [0.1, 0.15) is 0 Å². The maximum absolute atomic E-state index is 13.3. The van der Waals surface area contributed by atoms with E-state index in [1.807, 2.05) is 32.0 Å². The van der Waals surface area contributed by atoms with Crippen molar-refractivity contribution in [2.45, 2.75) is 37.1 Å². The van der Waals surface area contributed by atoms with Gasteiger partial charge in [-0.25, -0.2) is 8.42 Å². The lowest BCUT2D eigenvalue weighted by molar-refractivity contribution is -0.119. The fourth-order valence-electron chi connectivity index (χ4n) is 4.36. The van der Waals surface area contributed by atoms with Crippen molar-refractivity contribution in [3.8, 4) is 0 Å². The van der Waals surface area contributed by atoms with Gasteiger partial charge in [-0.05, 0) is 29.3 Å². The Morgan fingerprint density at radius 3 is 2.30 bits per heavy atom. The van der Waals surface area contributed by atoms with Gasteiger partial charge in [0.2, 0.25) is 15.9 Å². The number of piperazine rings is 1. The Balaban J connectivity index is 1.52. The molecule has 0 unspecified atom stereocenters. The molecule has 0 aliphatic carbocycles. The monoisotopic (exact) mass is 427 g/mol. The summed E-state index contributed by atoms with van der Waals surface area (Å²) in [5.41, 5.74) is 2.56. The van der Waals surface area contributed by atoms with Crippen molar-refractivity contribution in [1.29, 1.82) is 0 Å². The van der Waals surface area contributed by atoms with E-state index < -0.39 is 15.4 Å². The normalized spacial score (nSPS) is 20.2. The average molecular weight is 428 g/mol. The number of amides is 1. The molecule has 0 atom stereocenters. The molecule has 0 aromatic heterocycles.